The highest BCUT2D eigenvalue weighted by Crippen LogP contribution is 2.08. The molecule has 0 spiro atoms. The van der Waals surface area contributed by atoms with E-state index >= 15 is 0 Å². The number of hydrogen-bond donors (Lipinski definition) is 2. The molecule has 0 aromatic carbocycles. The van der Waals surface area contributed by atoms with Crippen LogP contribution in [-0.4, -0.2) is 20.4 Å². The van der Waals surface area contributed by atoms with Crippen LogP contribution in [0.5, 0.6) is 0 Å². The van der Waals surface area contributed by atoms with Gasteiger partial charge in [-0.3, -0.25) is 0 Å². The summed E-state index contributed by atoms with van der Waals surface area (Å²) in [6, 6.07) is 3.65. The molecule has 0 aliphatic carbocycles. The largest absolute Gasteiger partial charge is 0.409 e. The number of nitrogens with two attached hydrogens (primary N) is 1. The Hall–Kier alpha value is -2.04. The number of amidine groups is 1. The molecule has 0 aliphatic rings. The minimum absolute atomic E-state index is 0.0972. The van der Waals surface area contributed by atoms with Gasteiger partial charge in [0, 0.05) is 11.8 Å². The van der Waals surface area contributed by atoms with E-state index in [0.717, 1.165) is 11.3 Å². The predicted octanol–water partition coefficient (Wildman–Crippen LogP) is 0.737. The first kappa shape index (κ1) is 8.55. The Morgan fingerprint density at radius 3 is 3.07 bits per heavy atom. The van der Waals surface area contributed by atoms with Gasteiger partial charge in [0.1, 0.15) is 5.82 Å². The lowest BCUT2D eigenvalue weighted by Crippen LogP contribution is -2.13. The molecule has 0 fully saturated rings. The monoisotopic (exact) mass is 190 g/mol. The van der Waals surface area contributed by atoms with Crippen molar-refractivity contribution in [1.29, 1.82) is 0 Å². The van der Waals surface area contributed by atoms with Crippen molar-refractivity contribution < 1.29 is 5.21 Å². The topological polar surface area (TPSA) is 75.9 Å². The number of fused-ring (bicyclic) bond motifs is 1. The standard InChI is InChI=1S/C9H10N4O/c1-6-11-4-8-3-2-7(5-13(6)8)9(10)12-14/h2-5,14H,1H3,(H2,10,12). The minimum Gasteiger partial charge on any atom is -0.409 e. The van der Waals surface area contributed by atoms with E-state index < -0.39 is 0 Å². The molecule has 0 aliphatic heterocycles. The summed E-state index contributed by atoms with van der Waals surface area (Å²) in [5, 5.41) is 11.5. The summed E-state index contributed by atoms with van der Waals surface area (Å²) in [6.07, 6.45) is 3.55. The molecule has 0 unspecified atom stereocenters. The van der Waals surface area contributed by atoms with Gasteiger partial charge in [-0.05, 0) is 19.1 Å². The van der Waals surface area contributed by atoms with Gasteiger partial charge in [0.15, 0.2) is 5.84 Å². The molecule has 2 rings (SSSR count). The Morgan fingerprint density at radius 1 is 1.57 bits per heavy atom. The number of imidazole rings is 1. The van der Waals surface area contributed by atoms with E-state index in [-0.39, 0.29) is 5.84 Å². The second kappa shape index (κ2) is 3.02. The van der Waals surface area contributed by atoms with Gasteiger partial charge in [-0.25, -0.2) is 4.98 Å². The summed E-state index contributed by atoms with van der Waals surface area (Å²) in [4.78, 5) is 4.14. The fraction of sp³-hybridized carbons (Fsp3) is 0.111. The molecule has 0 bridgehead atoms. The van der Waals surface area contributed by atoms with E-state index in [0.29, 0.717) is 5.56 Å². The van der Waals surface area contributed by atoms with Crippen LogP contribution in [0.25, 0.3) is 5.52 Å². The van der Waals surface area contributed by atoms with Crippen LogP contribution >= 0.6 is 0 Å². The van der Waals surface area contributed by atoms with Crippen LogP contribution in [0.4, 0.5) is 0 Å². The highest BCUT2D eigenvalue weighted by molar-refractivity contribution is 5.97. The van der Waals surface area contributed by atoms with Crippen LogP contribution in [0.3, 0.4) is 0 Å². The lowest BCUT2D eigenvalue weighted by Gasteiger charge is -2.00. The zero-order valence-corrected chi connectivity index (χ0v) is 7.68. The minimum atomic E-state index is 0.0972. The van der Waals surface area contributed by atoms with Crippen molar-refractivity contribution in [3.8, 4) is 0 Å². The summed E-state index contributed by atoms with van der Waals surface area (Å²) in [5.74, 6) is 0.965. The van der Waals surface area contributed by atoms with Crippen molar-refractivity contribution in [3.63, 3.8) is 0 Å². The fourth-order valence-corrected chi connectivity index (χ4v) is 1.33. The van der Waals surface area contributed by atoms with Crippen LogP contribution in [0.2, 0.25) is 0 Å². The maximum Gasteiger partial charge on any atom is 0.171 e. The molecule has 72 valence electrons. The quantitative estimate of drug-likeness (QED) is 0.301. The van der Waals surface area contributed by atoms with E-state index in [1.165, 1.54) is 0 Å². The summed E-state index contributed by atoms with van der Waals surface area (Å²) >= 11 is 0. The van der Waals surface area contributed by atoms with Crippen LogP contribution in [-0.2, 0) is 0 Å². The maximum absolute atomic E-state index is 8.52. The SMILES string of the molecule is Cc1ncc2ccc(/C(N)=N\O)cn12. The summed E-state index contributed by atoms with van der Waals surface area (Å²) in [6.45, 7) is 1.89. The third-order valence-corrected chi connectivity index (χ3v) is 2.12. The number of oxime groups is 1. The molecular weight excluding hydrogens is 180 g/mol. The first-order valence-corrected chi connectivity index (χ1v) is 4.14. The highest BCUT2D eigenvalue weighted by atomic mass is 16.4. The third kappa shape index (κ3) is 1.19. The van der Waals surface area contributed by atoms with Crippen molar-refractivity contribution in [2.45, 2.75) is 6.92 Å². The average Bonchev–Trinajstić information content (AvgIpc) is 2.59. The molecule has 2 aromatic heterocycles. The molecule has 3 N–H and O–H groups in total. The Labute approximate surface area is 80.5 Å². The molecule has 0 amide bonds. The van der Waals surface area contributed by atoms with Crippen molar-refractivity contribution in [2.75, 3.05) is 0 Å². The maximum atomic E-state index is 8.52. The summed E-state index contributed by atoms with van der Waals surface area (Å²) in [7, 11) is 0. The number of hydrogen-bond acceptors (Lipinski definition) is 3. The lowest BCUT2D eigenvalue weighted by molar-refractivity contribution is 0.318. The van der Waals surface area contributed by atoms with E-state index in [1.54, 1.807) is 18.5 Å². The van der Waals surface area contributed by atoms with Crippen LogP contribution in [0, 0.1) is 6.92 Å². The van der Waals surface area contributed by atoms with Gasteiger partial charge in [-0.2, -0.15) is 0 Å². The Kier molecular flexibility index (Phi) is 1.85. The summed E-state index contributed by atoms with van der Waals surface area (Å²) < 4.78 is 1.88. The molecule has 2 heterocycles. The number of pyridine rings is 1. The number of rotatable bonds is 1. The van der Waals surface area contributed by atoms with E-state index in [2.05, 4.69) is 10.1 Å². The Bertz CT molecular complexity index is 500. The number of nitrogens with zero attached hydrogens (tertiary/aromatic N) is 3. The zero-order chi connectivity index (χ0) is 10.1. The molecule has 0 atom stereocenters. The molecule has 2 aromatic rings. The van der Waals surface area contributed by atoms with Gasteiger partial charge in [-0.1, -0.05) is 5.16 Å². The number of aryl methyl sites for hydroxylation is 1. The molecule has 5 heteroatoms. The first-order valence-electron chi connectivity index (χ1n) is 4.14. The zero-order valence-electron chi connectivity index (χ0n) is 7.68. The van der Waals surface area contributed by atoms with Crippen molar-refractivity contribution in [1.82, 2.24) is 9.38 Å². The molecular formula is C9H10N4O. The summed E-state index contributed by atoms with van der Waals surface area (Å²) in [5.41, 5.74) is 7.12. The predicted molar refractivity (Wildman–Crippen MR) is 52.4 cm³/mol. The van der Waals surface area contributed by atoms with Crippen LogP contribution < -0.4 is 5.73 Å². The first-order chi connectivity index (χ1) is 6.72. The second-order valence-corrected chi connectivity index (χ2v) is 3.00. The van der Waals surface area contributed by atoms with Gasteiger partial charge in [0.2, 0.25) is 0 Å². The average molecular weight is 190 g/mol. The fourth-order valence-electron chi connectivity index (χ4n) is 1.33. The van der Waals surface area contributed by atoms with Gasteiger partial charge in [-0.15, -0.1) is 0 Å². The van der Waals surface area contributed by atoms with E-state index in [9.17, 15) is 0 Å². The van der Waals surface area contributed by atoms with Crippen molar-refractivity contribution in [3.05, 3.63) is 35.9 Å². The second-order valence-electron chi connectivity index (χ2n) is 3.00. The normalized spacial score (nSPS) is 12.2. The Balaban J connectivity index is 2.66. The van der Waals surface area contributed by atoms with Crippen LogP contribution in [0.1, 0.15) is 11.4 Å². The van der Waals surface area contributed by atoms with Gasteiger partial charge >= 0.3 is 0 Å². The molecule has 0 radical (unpaired) electrons. The smallest absolute Gasteiger partial charge is 0.171 e. The molecule has 0 saturated heterocycles. The van der Waals surface area contributed by atoms with Crippen molar-refractivity contribution >= 4 is 11.4 Å². The third-order valence-electron chi connectivity index (χ3n) is 2.12. The lowest BCUT2D eigenvalue weighted by atomic mass is 10.2. The highest BCUT2D eigenvalue weighted by Gasteiger charge is 2.02. The van der Waals surface area contributed by atoms with Crippen molar-refractivity contribution in [2.24, 2.45) is 10.9 Å². The number of aromatic nitrogens is 2. The van der Waals surface area contributed by atoms with Gasteiger partial charge < -0.3 is 15.3 Å². The van der Waals surface area contributed by atoms with E-state index in [1.807, 2.05) is 17.4 Å². The van der Waals surface area contributed by atoms with E-state index in [4.69, 9.17) is 10.9 Å². The molecule has 5 nitrogen and oxygen atoms in total. The molecule has 14 heavy (non-hydrogen) atoms. The van der Waals surface area contributed by atoms with Gasteiger partial charge in [0.25, 0.3) is 0 Å². The van der Waals surface area contributed by atoms with Gasteiger partial charge in [0.05, 0.1) is 11.7 Å². The molecule has 0 saturated carbocycles. The Morgan fingerprint density at radius 2 is 2.36 bits per heavy atom. The van der Waals surface area contributed by atoms with Crippen LogP contribution in [0.15, 0.2) is 29.7 Å².